The van der Waals surface area contributed by atoms with Crippen LogP contribution in [0.2, 0.25) is 0 Å². The molecule has 0 saturated carbocycles. The van der Waals surface area contributed by atoms with Crippen LogP contribution < -0.4 is 16.0 Å². The molecule has 0 radical (unpaired) electrons. The topological polar surface area (TPSA) is 122 Å². The van der Waals surface area contributed by atoms with E-state index in [1.807, 2.05) is 12.1 Å². The zero-order valence-corrected chi connectivity index (χ0v) is 15.5. The number of unbranched alkanes of at least 4 members (excludes halogenated alkanes) is 1. The molecule has 148 valence electrons. The first-order valence-electron chi connectivity index (χ1n) is 9.13. The monoisotopic (exact) mass is 377 g/mol. The van der Waals surface area contributed by atoms with Crippen molar-refractivity contribution in [3.8, 4) is 0 Å². The van der Waals surface area contributed by atoms with Gasteiger partial charge in [-0.25, -0.2) is 0 Å². The summed E-state index contributed by atoms with van der Waals surface area (Å²) in [5.41, 5.74) is 7.03. The van der Waals surface area contributed by atoms with Gasteiger partial charge in [0.2, 0.25) is 5.91 Å². The molecule has 0 aliphatic carbocycles. The van der Waals surface area contributed by atoms with E-state index in [0.717, 1.165) is 18.4 Å². The van der Waals surface area contributed by atoms with Crippen LogP contribution in [-0.2, 0) is 25.5 Å². The number of hydrogen-bond donors (Lipinski definition) is 3. The second kappa shape index (κ2) is 10.0. The smallest absolute Gasteiger partial charge is 0.323 e. The Hall–Kier alpha value is -2.45. The van der Waals surface area contributed by atoms with Gasteiger partial charge in [0.15, 0.2) is 0 Å². The van der Waals surface area contributed by atoms with Gasteiger partial charge in [-0.3, -0.25) is 24.6 Å². The molecule has 1 heterocycles. The molecule has 1 aliphatic rings. The van der Waals surface area contributed by atoms with Crippen molar-refractivity contribution in [3.05, 3.63) is 29.8 Å². The van der Waals surface area contributed by atoms with E-state index >= 15 is 0 Å². The van der Waals surface area contributed by atoms with Crippen molar-refractivity contribution in [2.75, 3.05) is 25.1 Å². The standard InChI is InChI=1S/C19H27N3O5/c1-27-19(26)15(7-4-5-11-20)21-14-10-9-13-6-2-3-8-16(13)22(18(14)25)12-17(23)24/h2-3,6,8,14-15,21H,4-5,7,9-12,20H2,1H3,(H,23,24)/t14-,15-/m0/s1. The molecule has 8 nitrogen and oxygen atoms in total. The Labute approximate surface area is 158 Å². The first kappa shape index (κ1) is 20.9. The van der Waals surface area contributed by atoms with Crippen LogP contribution in [0.15, 0.2) is 24.3 Å². The molecule has 1 aromatic carbocycles. The Bertz CT molecular complexity index is 679. The largest absolute Gasteiger partial charge is 0.480 e. The number of para-hydroxylation sites is 1. The van der Waals surface area contributed by atoms with Crippen LogP contribution in [-0.4, -0.2) is 55.2 Å². The lowest BCUT2D eigenvalue weighted by atomic mass is 10.0. The number of rotatable bonds is 9. The Balaban J connectivity index is 2.22. The van der Waals surface area contributed by atoms with Crippen LogP contribution in [0.3, 0.4) is 0 Å². The van der Waals surface area contributed by atoms with Gasteiger partial charge < -0.3 is 15.6 Å². The number of methoxy groups -OCH3 is 1. The number of anilines is 1. The van der Waals surface area contributed by atoms with Crippen molar-refractivity contribution in [3.63, 3.8) is 0 Å². The highest BCUT2D eigenvalue weighted by Crippen LogP contribution is 2.27. The van der Waals surface area contributed by atoms with Gasteiger partial charge in [-0.15, -0.1) is 0 Å². The molecule has 0 unspecified atom stereocenters. The summed E-state index contributed by atoms with van der Waals surface area (Å²) >= 11 is 0. The molecule has 0 saturated heterocycles. The zero-order chi connectivity index (χ0) is 19.8. The normalized spacial score (nSPS) is 17.8. The Kier molecular flexibility index (Phi) is 7.75. The number of aliphatic carboxylic acids is 1. The molecule has 27 heavy (non-hydrogen) atoms. The molecule has 0 spiro atoms. The molecule has 0 fully saturated rings. The van der Waals surface area contributed by atoms with Crippen molar-refractivity contribution in [1.29, 1.82) is 0 Å². The van der Waals surface area contributed by atoms with Gasteiger partial charge in [-0.05, 0) is 43.9 Å². The third-order valence-corrected chi connectivity index (χ3v) is 4.68. The van der Waals surface area contributed by atoms with Crippen LogP contribution in [0.4, 0.5) is 5.69 Å². The van der Waals surface area contributed by atoms with Crippen LogP contribution in [0.25, 0.3) is 0 Å². The first-order valence-corrected chi connectivity index (χ1v) is 9.13. The van der Waals surface area contributed by atoms with Crippen LogP contribution in [0, 0.1) is 0 Å². The summed E-state index contributed by atoms with van der Waals surface area (Å²) in [4.78, 5) is 37.7. The highest BCUT2D eigenvalue weighted by atomic mass is 16.5. The number of benzene rings is 1. The molecular formula is C19H27N3O5. The average Bonchev–Trinajstić information content (AvgIpc) is 2.78. The summed E-state index contributed by atoms with van der Waals surface area (Å²) in [5, 5.41) is 12.3. The Morgan fingerprint density at radius 2 is 2.11 bits per heavy atom. The second-order valence-electron chi connectivity index (χ2n) is 6.56. The van der Waals surface area contributed by atoms with Gasteiger partial charge in [-0.1, -0.05) is 24.6 Å². The minimum Gasteiger partial charge on any atom is -0.480 e. The average molecular weight is 377 g/mol. The van der Waals surface area contributed by atoms with E-state index in [-0.39, 0.29) is 5.91 Å². The lowest BCUT2D eigenvalue weighted by Crippen LogP contribution is -2.52. The minimum atomic E-state index is -1.09. The van der Waals surface area contributed by atoms with E-state index in [1.165, 1.54) is 12.0 Å². The Morgan fingerprint density at radius 3 is 2.78 bits per heavy atom. The number of carbonyl (C=O) groups excluding carboxylic acids is 2. The van der Waals surface area contributed by atoms with Gasteiger partial charge in [-0.2, -0.15) is 0 Å². The van der Waals surface area contributed by atoms with Gasteiger partial charge in [0.1, 0.15) is 12.6 Å². The van der Waals surface area contributed by atoms with E-state index in [4.69, 9.17) is 10.5 Å². The number of ether oxygens (including phenoxy) is 1. The van der Waals surface area contributed by atoms with E-state index in [0.29, 0.717) is 31.5 Å². The SMILES string of the molecule is COC(=O)[C@H](CCCCN)N[C@H]1CCc2ccccc2N(CC(=O)O)C1=O. The summed E-state index contributed by atoms with van der Waals surface area (Å²) in [6, 6.07) is 5.97. The van der Waals surface area contributed by atoms with E-state index in [1.54, 1.807) is 12.1 Å². The maximum atomic E-state index is 13.0. The molecule has 1 aromatic rings. The zero-order valence-electron chi connectivity index (χ0n) is 15.5. The van der Waals surface area contributed by atoms with Gasteiger partial charge in [0.05, 0.1) is 13.2 Å². The Morgan fingerprint density at radius 1 is 1.37 bits per heavy atom. The number of esters is 1. The number of nitrogens with zero attached hydrogens (tertiary/aromatic N) is 1. The van der Waals surface area contributed by atoms with Gasteiger partial charge in [0.25, 0.3) is 0 Å². The second-order valence-corrected chi connectivity index (χ2v) is 6.56. The van der Waals surface area contributed by atoms with Crippen molar-refractivity contribution >= 4 is 23.5 Å². The molecule has 1 aliphatic heterocycles. The fourth-order valence-electron chi connectivity index (χ4n) is 3.32. The number of carboxylic acid groups (broad SMARTS) is 1. The van der Waals surface area contributed by atoms with Crippen LogP contribution in [0.1, 0.15) is 31.2 Å². The summed E-state index contributed by atoms with van der Waals surface area (Å²) in [6.07, 6.45) is 3.07. The number of nitrogens with two attached hydrogens (primary N) is 1. The molecule has 0 aromatic heterocycles. The third kappa shape index (κ3) is 5.51. The molecule has 0 bridgehead atoms. The maximum Gasteiger partial charge on any atom is 0.323 e. The number of fused-ring (bicyclic) bond motifs is 1. The summed E-state index contributed by atoms with van der Waals surface area (Å²) < 4.78 is 4.85. The van der Waals surface area contributed by atoms with Crippen molar-refractivity contribution in [2.45, 2.75) is 44.2 Å². The van der Waals surface area contributed by atoms with E-state index < -0.39 is 30.6 Å². The highest BCUT2D eigenvalue weighted by molar-refractivity contribution is 6.02. The fraction of sp³-hybridized carbons (Fsp3) is 0.526. The quantitative estimate of drug-likeness (QED) is 0.427. The van der Waals surface area contributed by atoms with E-state index in [2.05, 4.69) is 5.32 Å². The van der Waals surface area contributed by atoms with Crippen molar-refractivity contribution < 1.29 is 24.2 Å². The van der Waals surface area contributed by atoms with E-state index in [9.17, 15) is 19.5 Å². The predicted octanol–water partition coefficient (Wildman–Crippen LogP) is 0.679. The lowest BCUT2D eigenvalue weighted by Gasteiger charge is -2.27. The molecule has 2 rings (SSSR count). The van der Waals surface area contributed by atoms with Gasteiger partial charge >= 0.3 is 11.9 Å². The summed E-state index contributed by atoms with van der Waals surface area (Å²) in [6.45, 7) is 0.0992. The first-order chi connectivity index (χ1) is 13.0. The molecular weight excluding hydrogens is 350 g/mol. The maximum absolute atomic E-state index is 13.0. The minimum absolute atomic E-state index is 0.352. The molecule has 1 amide bonds. The summed E-state index contributed by atoms with van der Waals surface area (Å²) in [7, 11) is 1.31. The third-order valence-electron chi connectivity index (χ3n) is 4.68. The number of hydrogen-bond acceptors (Lipinski definition) is 6. The number of carboxylic acids is 1. The predicted molar refractivity (Wildman–Crippen MR) is 100 cm³/mol. The van der Waals surface area contributed by atoms with Crippen LogP contribution >= 0.6 is 0 Å². The van der Waals surface area contributed by atoms with Crippen molar-refractivity contribution in [2.24, 2.45) is 5.73 Å². The van der Waals surface area contributed by atoms with Gasteiger partial charge in [0, 0.05) is 5.69 Å². The number of aryl methyl sites for hydroxylation is 1. The summed E-state index contributed by atoms with van der Waals surface area (Å²) in [5.74, 6) is -1.88. The molecule has 4 N–H and O–H groups in total. The fourth-order valence-corrected chi connectivity index (χ4v) is 3.32. The number of nitrogens with one attached hydrogen (secondary N) is 1. The molecule has 8 heteroatoms. The van der Waals surface area contributed by atoms with Crippen LogP contribution in [0.5, 0.6) is 0 Å². The highest BCUT2D eigenvalue weighted by Gasteiger charge is 2.34. The number of amides is 1. The molecule has 2 atom stereocenters. The number of carbonyl (C=O) groups is 3. The van der Waals surface area contributed by atoms with Crippen molar-refractivity contribution in [1.82, 2.24) is 5.32 Å². The lowest BCUT2D eigenvalue weighted by molar-refractivity contribution is -0.144.